The smallest absolute Gasteiger partial charge is 0.330 e. The van der Waals surface area contributed by atoms with Crippen LogP contribution in [0.2, 0.25) is 0 Å². The van der Waals surface area contributed by atoms with E-state index in [-0.39, 0.29) is 19.6 Å². The maximum Gasteiger partial charge on any atom is 0.330 e. The first kappa shape index (κ1) is 8.66. The number of hydrogen-bond acceptors (Lipinski definition) is 4. The number of hydrogen-bond donors (Lipinski definition) is 2. The fourth-order valence-electron chi connectivity index (χ4n) is 0.903. The van der Waals surface area contributed by atoms with Crippen molar-refractivity contribution in [2.75, 3.05) is 13.2 Å². The molecular weight excluding hydrogens is 164 g/mol. The lowest BCUT2D eigenvalue weighted by Gasteiger charge is -2.23. The Labute approximate surface area is 68.1 Å². The van der Waals surface area contributed by atoms with Gasteiger partial charge in [0.15, 0.2) is 0 Å². The average molecular weight is 172 g/mol. The van der Waals surface area contributed by atoms with Crippen molar-refractivity contribution < 1.29 is 19.5 Å². The molecule has 12 heavy (non-hydrogen) atoms. The van der Waals surface area contributed by atoms with Gasteiger partial charge in [0.05, 0.1) is 13.2 Å². The van der Waals surface area contributed by atoms with Crippen LogP contribution in [0.3, 0.4) is 0 Å². The Morgan fingerprint density at radius 2 is 2.08 bits per heavy atom. The molecular formula is C6H8N2O4. The van der Waals surface area contributed by atoms with Crippen LogP contribution in [0, 0.1) is 0 Å². The van der Waals surface area contributed by atoms with E-state index < -0.39 is 17.8 Å². The van der Waals surface area contributed by atoms with Crippen molar-refractivity contribution in [1.29, 1.82) is 0 Å². The summed E-state index contributed by atoms with van der Waals surface area (Å²) in [5, 5.41) is 10.4. The summed E-state index contributed by atoms with van der Waals surface area (Å²) in [5.41, 5.74) is 0. The highest BCUT2D eigenvalue weighted by atomic mass is 16.3. The number of rotatable bonds is 2. The number of urea groups is 1. The van der Waals surface area contributed by atoms with Gasteiger partial charge in [0.1, 0.15) is 6.42 Å². The van der Waals surface area contributed by atoms with Gasteiger partial charge in [-0.25, -0.2) is 4.79 Å². The topological polar surface area (TPSA) is 86.7 Å². The van der Waals surface area contributed by atoms with Gasteiger partial charge in [-0.2, -0.15) is 0 Å². The van der Waals surface area contributed by atoms with Crippen LogP contribution >= 0.6 is 0 Å². The van der Waals surface area contributed by atoms with E-state index in [1.165, 1.54) is 0 Å². The van der Waals surface area contributed by atoms with E-state index in [9.17, 15) is 14.4 Å². The summed E-state index contributed by atoms with van der Waals surface area (Å²) < 4.78 is 0. The fraction of sp³-hybridized carbons (Fsp3) is 0.500. The Morgan fingerprint density at radius 3 is 2.58 bits per heavy atom. The first-order valence-corrected chi connectivity index (χ1v) is 3.40. The number of aliphatic hydroxyl groups excluding tert-OH is 1. The first-order chi connectivity index (χ1) is 5.65. The zero-order valence-electron chi connectivity index (χ0n) is 6.24. The van der Waals surface area contributed by atoms with Crippen LogP contribution in [-0.2, 0) is 9.59 Å². The van der Waals surface area contributed by atoms with Gasteiger partial charge >= 0.3 is 6.03 Å². The molecule has 0 spiro atoms. The van der Waals surface area contributed by atoms with Gasteiger partial charge in [0.25, 0.3) is 0 Å². The van der Waals surface area contributed by atoms with Crippen molar-refractivity contribution in [1.82, 2.24) is 10.2 Å². The van der Waals surface area contributed by atoms with E-state index in [0.29, 0.717) is 0 Å². The molecule has 0 bridgehead atoms. The lowest BCUT2D eigenvalue weighted by molar-refractivity contribution is -0.136. The lowest BCUT2D eigenvalue weighted by Crippen LogP contribution is -2.53. The summed E-state index contributed by atoms with van der Waals surface area (Å²) in [6.07, 6.45) is -0.328. The molecule has 0 aromatic heterocycles. The predicted molar refractivity (Wildman–Crippen MR) is 37.0 cm³/mol. The Balaban J connectivity index is 2.67. The highest BCUT2D eigenvalue weighted by Crippen LogP contribution is 2.01. The van der Waals surface area contributed by atoms with Crippen molar-refractivity contribution in [3.8, 4) is 0 Å². The SMILES string of the molecule is O=C1CC(=O)N(CCO)C(=O)N1. The number of β-amino-alcohol motifs (C(OH)–C–C–N with tert-alkyl or cyclic N) is 1. The Hall–Kier alpha value is -1.43. The predicted octanol–water partition coefficient (Wildman–Crippen LogP) is -1.55. The summed E-state index contributed by atoms with van der Waals surface area (Å²) in [4.78, 5) is 33.2. The Kier molecular flexibility index (Phi) is 2.39. The third-order valence-corrected chi connectivity index (χ3v) is 1.43. The average Bonchev–Trinajstić information content (AvgIpc) is 1.96. The van der Waals surface area contributed by atoms with E-state index in [4.69, 9.17) is 5.11 Å². The summed E-state index contributed by atoms with van der Waals surface area (Å²) >= 11 is 0. The van der Waals surface area contributed by atoms with Crippen LogP contribution in [-0.4, -0.2) is 41.0 Å². The van der Waals surface area contributed by atoms with Crippen LogP contribution < -0.4 is 5.32 Å². The molecule has 1 fully saturated rings. The maximum absolute atomic E-state index is 10.9. The molecule has 0 aromatic carbocycles. The molecule has 66 valence electrons. The standard InChI is InChI=1S/C6H8N2O4/c9-2-1-8-5(11)3-4(10)7-6(8)12/h9H,1-3H2,(H,7,10,12). The van der Waals surface area contributed by atoms with Gasteiger partial charge in [-0.15, -0.1) is 0 Å². The molecule has 6 heteroatoms. The van der Waals surface area contributed by atoms with Gasteiger partial charge in [0.2, 0.25) is 11.8 Å². The van der Waals surface area contributed by atoms with Gasteiger partial charge in [0, 0.05) is 0 Å². The Bertz CT molecular complexity index is 218. The molecule has 0 aliphatic carbocycles. The summed E-state index contributed by atoms with van der Waals surface area (Å²) in [7, 11) is 0. The summed E-state index contributed by atoms with van der Waals surface area (Å²) in [6.45, 7) is -0.370. The number of nitrogens with zero attached hydrogens (tertiary/aromatic N) is 1. The molecule has 1 saturated heterocycles. The van der Waals surface area contributed by atoms with Gasteiger partial charge in [-0.1, -0.05) is 0 Å². The van der Waals surface area contributed by atoms with Crippen molar-refractivity contribution in [2.45, 2.75) is 6.42 Å². The molecule has 0 aromatic rings. The second kappa shape index (κ2) is 3.31. The molecule has 0 radical (unpaired) electrons. The van der Waals surface area contributed by atoms with Crippen LogP contribution in [0.15, 0.2) is 0 Å². The number of barbiturate groups is 1. The molecule has 2 N–H and O–H groups in total. The minimum absolute atomic E-state index is 0.0715. The van der Waals surface area contributed by atoms with Crippen LogP contribution in [0.4, 0.5) is 4.79 Å². The van der Waals surface area contributed by atoms with E-state index >= 15 is 0 Å². The third-order valence-electron chi connectivity index (χ3n) is 1.43. The molecule has 1 aliphatic heterocycles. The fourth-order valence-corrected chi connectivity index (χ4v) is 0.903. The highest BCUT2D eigenvalue weighted by molar-refractivity contribution is 6.14. The zero-order valence-corrected chi connectivity index (χ0v) is 6.24. The summed E-state index contributed by atoms with van der Waals surface area (Å²) in [5.74, 6) is -1.17. The highest BCUT2D eigenvalue weighted by Gasteiger charge is 2.29. The molecule has 0 atom stereocenters. The van der Waals surface area contributed by atoms with Crippen molar-refractivity contribution in [2.24, 2.45) is 0 Å². The largest absolute Gasteiger partial charge is 0.395 e. The number of imide groups is 2. The van der Waals surface area contributed by atoms with Crippen LogP contribution in [0.25, 0.3) is 0 Å². The third kappa shape index (κ3) is 1.59. The number of nitrogens with one attached hydrogen (secondary N) is 1. The summed E-state index contributed by atoms with van der Waals surface area (Å²) in [6, 6.07) is -0.759. The lowest BCUT2D eigenvalue weighted by atomic mass is 10.3. The second-order valence-corrected chi connectivity index (χ2v) is 2.30. The number of carbonyl (C=O) groups excluding carboxylic acids is 3. The molecule has 1 aliphatic rings. The van der Waals surface area contributed by atoms with E-state index in [0.717, 1.165) is 4.90 Å². The second-order valence-electron chi connectivity index (χ2n) is 2.30. The maximum atomic E-state index is 10.9. The first-order valence-electron chi connectivity index (χ1n) is 3.40. The molecule has 6 nitrogen and oxygen atoms in total. The number of aliphatic hydroxyl groups is 1. The molecule has 0 saturated carbocycles. The van der Waals surface area contributed by atoms with Crippen LogP contribution in [0.1, 0.15) is 6.42 Å². The zero-order chi connectivity index (χ0) is 9.14. The molecule has 1 heterocycles. The van der Waals surface area contributed by atoms with Crippen molar-refractivity contribution >= 4 is 17.8 Å². The normalized spacial score (nSPS) is 18.1. The quantitative estimate of drug-likeness (QED) is 0.493. The van der Waals surface area contributed by atoms with E-state index in [2.05, 4.69) is 0 Å². The van der Waals surface area contributed by atoms with Crippen molar-refractivity contribution in [3.05, 3.63) is 0 Å². The number of carbonyl (C=O) groups is 3. The molecule has 4 amide bonds. The van der Waals surface area contributed by atoms with E-state index in [1.54, 1.807) is 0 Å². The monoisotopic (exact) mass is 172 g/mol. The van der Waals surface area contributed by atoms with Crippen molar-refractivity contribution in [3.63, 3.8) is 0 Å². The van der Waals surface area contributed by atoms with Crippen LogP contribution in [0.5, 0.6) is 0 Å². The van der Waals surface area contributed by atoms with Gasteiger partial charge in [-0.3, -0.25) is 19.8 Å². The minimum atomic E-state index is -0.759. The molecule has 1 rings (SSSR count). The molecule has 0 unspecified atom stereocenters. The van der Waals surface area contributed by atoms with Gasteiger partial charge in [-0.05, 0) is 0 Å². The van der Waals surface area contributed by atoms with E-state index in [1.807, 2.05) is 5.32 Å². The number of amides is 4. The van der Waals surface area contributed by atoms with Gasteiger partial charge < -0.3 is 5.11 Å². The minimum Gasteiger partial charge on any atom is -0.395 e. The Morgan fingerprint density at radius 1 is 1.42 bits per heavy atom.